The van der Waals surface area contributed by atoms with E-state index in [4.69, 9.17) is 13.7 Å². The Morgan fingerprint density at radius 3 is 2.49 bits per heavy atom. The van der Waals surface area contributed by atoms with Gasteiger partial charge in [0.2, 0.25) is 11.4 Å². The van der Waals surface area contributed by atoms with E-state index in [0.717, 1.165) is 27.5 Å². The Morgan fingerprint density at radius 2 is 1.80 bits per heavy atom. The summed E-state index contributed by atoms with van der Waals surface area (Å²) in [6.07, 6.45) is -0.334. The molecule has 2 heterocycles. The summed E-state index contributed by atoms with van der Waals surface area (Å²) >= 11 is 0. The fourth-order valence-corrected chi connectivity index (χ4v) is 4.66. The van der Waals surface area contributed by atoms with Crippen molar-refractivity contribution >= 4 is 27.6 Å². The molecule has 0 aliphatic rings. The first kappa shape index (κ1) is 20.4. The van der Waals surface area contributed by atoms with Crippen LogP contribution in [0.2, 0.25) is 0 Å². The molecule has 3 nitrogen and oxygen atoms in total. The topological polar surface area (TPSA) is 21.4 Å². The Labute approximate surface area is 208 Å². The van der Waals surface area contributed by atoms with Crippen molar-refractivity contribution in [3.63, 3.8) is 0 Å². The molecule has 0 bridgehead atoms. The van der Waals surface area contributed by atoms with E-state index in [1.807, 2.05) is 55.5 Å². The molecule has 0 fully saturated rings. The van der Waals surface area contributed by atoms with E-state index in [0.29, 0.717) is 28.1 Å². The number of benzene rings is 3. The third kappa shape index (κ3) is 3.98. The van der Waals surface area contributed by atoms with Gasteiger partial charge >= 0.3 is 0 Å². The molecule has 0 atom stereocenters. The number of aryl methyl sites for hydroxylation is 2. The van der Waals surface area contributed by atoms with Crippen molar-refractivity contribution in [1.82, 2.24) is 0 Å². The zero-order chi connectivity index (χ0) is 26.7. The van der Waals surface area contributed by atoms with Crippen molar-refractivity contribution in [2.24, 2.45) is 12.5 Å². The predicted octanol–water partition coefficient (Wildman–Crippen LogP) is 8.33. The van der Waals surface area contributed by atoms with Crippen LogP contribution in [0.25, 0.3) is 49.2 Å². The van der Waals surface area contributed by atoms with E-state index in [-0.39, 0.29) is 5.56 Å². The average molecular weight is 466 g/mol. The molecule has 0 spiro atoms. The second-order valence-electron chi connectivity index (χ2n) is 9.96. The van der Waals surface area contributed by atoms with E-state index in [1.165, 1.54) is 12.3 Å². The summed E-state index contributed by atoms with van der Waals surface area (Å²) in [7, 11) is 1.79. The lowest BCUT2D eigenvalue weighted by molar-refractivity contribution is -0.661. The molecule has 2 aromatic heterocycles. The molecular formula is C31H28FN2O+. The van der Waals surface area contributed by atoms with E-state index in [9.17, 15) is 0 Å². The number of halogens is 1. The van der Waals surface area contributed by atoms with Gasteiger partial charge in [0.15, 0.2) is 6.20 Å². The Kier molecular flexibility index (Phi) is 4.87. The molecule has 174 valence electrons. The summed E-state index contributed by atoms with van der Waals surface area (Å²) in [5.41, 5.74) is 4.86. The molecule has 0 aliphatic heterocycles. The monoisotopic (exact) mass is 465 g/mol. The number of furan rings is 1. The Hall–Kier alpha value is -3.97. The van der Waals surface area contributed by atoms with E-state index in [2.05, 4.69) is 4.85 Å². The normalized spacial score (nSPS) is 13.1. The van der Waals surface area contributed by atoms with Crippen molar-refractivity contribution < 1.29 is 16.1 Å². The fourth-order valence-electron chi connectivity index (χ4n) is 4.66. The van der Waals surface area contributed by atoms with Crippen LogP contribution in [0, 0.1) is 24.7 Å². The van der Waals surface area contributed by atoms with Crippen molar-refractivity contribution in [3.05, 3.63) is 95.2 Å². The van der Waals surface area contributed by atoms with Crippen molar-refractivity contribution in [1.29, 1.82) is 0 Å². The summed E-state index contributed by atoms with van der Waals surface area (Å²) in [6.45, 7) is 14.9. The van der Waals surface area contributed by atoms with Gasteiger partial charge in [0.25, 0.3) is 0 Å². The van der Waals surface area contributed by atoms with Gasteiger partial charge < -0.3 is 4.42 Å². The molecule has 5 aromatic rings. The van der Waals surface area contributed by atoms with Gasteiger partial charge in [-0.15, -0.1) is 0 Å². The van der Waals surface area contributed by atoms with Crippen LogP contribution in [-0.4, -0.2) is 0 Å². The number of hydrogen-bond donors (Lipinski definition) is 0. The van der Waals surface area contributed by atoms with E-state index < -0.39 is 17.6 Å². The van der Waals surface area contributed by atoms with Gasteiger partial charge in [0.05, 0.1) is 17.7 Å². The molecule has 0 aliphatic carbocycles. The first-order valence-electron chi connectivity index (χ1n) is 12.6. The third-order valence-corrected chi connectivity index (χ3v) is 6.17. The predicted molar refractivity (Wildman–Crippen MR) is 140 cm³/mol. The summed E-state index contributed by atoms with van der Waals surface area (Å²) < 4.78 is 40.9. The Balaban J connectivity index is 1.84. The Morgan fingerprint density at radius 1 is 1.06 bits per heavy atom. The van der Waals surface area contributed by atoms with Crippen LogP contribution in [0.15, 0.2) is 71.3 Å². The maximum absolute atomic E-state index is 15.6. The Bertz CT molecular complexity index is 1720. The van der Waals surface area contributed by atoms with Gasteiger partial charge in [-0.25, -0.2) is 13.8 Å². The maximum Gasteiger partial charge on any atom is 0.229 e. The summed E-state index contributed by atoms with van der Waals surface area (Å²) in [4.78, 5) is 3.70. The van der Waals surface area contributed by atoms with Crippen LogP contribution in [0.4, 0.5) is 10.1 Å². The SMILES string of the molecule is [2H]C([2H])(c1c[n+](C)c(-c2c(C)ccc3c2oc2c([N+]#[C-])ccc(-c4ccccc4)c23)cc1F)C(C)(C)C. The highest BCUT2D eigenvalue weighted by Gasteiger charge is 2.26. The smallest absolute Gasteiger partial charge is 0.229 e. The number of nitrogens with zero attached hydrogens (tertiary/aromatic N) is 2. The van der Waals surface area contributed by atoms with Gasteiger partial charge in [0, 0.05) is 19.6 Å². The van der Waals surface area contributed by atoms with Gasteiger partial charge in [-0.2, -0.15) is 0 Å². The van der Waals surface area contributed by atoms with Crippen molar-refractivity contribution in [2.75, 3.05) is 0 Å². The molecule has 0 saturated heterocycles. The molecule has 0 saturated carbocycles. The third-order valence-electron chi connectivity index (χ3n) is 6.17. The fraction of sp³-hybridized carbons (Fsp3) is 0.226. The number of rotatable bonds is 3. The minimum Gasteiger partial charge on any atom is -0.466 e. The highest BCUT2D eigenvalue weighted by atomic mass is 19.1. The van der Waals surface area contributed by atoms with Gasteiger partial charge in [-0.05, 0) is 35.4 Å². The van der Waals surface area contributed by atoms with Crippen LogP contribution in [0.1, 0.15) is 34.6 Å². The molecule has 5 rings (SSSR count). The molecule has 0 unspecified atom stereocenters. The summed E-state index contributed by atoms with van der Waals surface area (Å²) in [6, 6.07) is 19.0. The van der Waals surface area contributed by atoms with Gasteiger partial charge in [0.1, 0.15) is 24.0 Å². The highest BCUT2D eigenvalue weighted by molar-refractivity contribution is 6.18. The molecule has 0 amide bonds. The number of hydrogen-bond acceptors (Lipinski definition) is 1. The zero-order valence-corrected chi connectivity index (χ0v) is 20.5. The van der Waals surface area contributed by atoms with E-state index >= 15 is 4.39 Å². The van der Waals surface area contributed by atoms with Gasteiger partial charge in [-0.1, -0.05) is 75.4 Å². The van der Waals surface area contributed by atoms with Crippen molar-refractivity contribution in [3.8, 4) is 22.4 Å². The standard InChI is InChI=1S/C31H28FN2O/c1-19-12-13-23-28-22(20-10-8-7-9-11-20)14-15-25(33-5)30(28)35-29(23)27(19)26-16-24(32)21(18-34(26)6)17-31(2,3)4/h7-16,18H,17H2,1-4,6H3/q+1/i17D2. The van der Waals surface area contributed by atoms with Crippen LogP contribution < -0.4 is 4.57 Å². The van der Waals surface area contributed by atoms with E-state index in [1.54, 1.807) is 38.5 Å². The summed E-state index contributed by atoms with van der Waals surface area (Å²) in [5.74, 6) is -0.604. The zero-order valence-electron chi connectivity index (χ0n) is 22.5. The number of fused-ring (bicyclic) bond motifs is 3. The van der Waals surface area contributed by atoms with Crippen LogP contribution in [-0.2, 0) is 13.4 Å². The minimum atomic E-state index is -1.87. The number of pyridine rings is 1. The molecule has 0 radical (unpaired) electrons. The first-order chi connectivity index (χ1) is 17.5. The number of aromatic nitrogens is 1. The largest absolute Gasteiger partial charge is 0.466 e. The lowest BCUT2D eigenvalue weighted by Gasteiger charge is -2.18. The van der Waals surface area contributed by atoms with Crippen molar-refractivity contribution in [2.45, 2.75) is 34.1 Å². The second-order valence-corrected chi connectivity index (χ2v) is 9.96. The molecule has 4 heteroatoms. The summed E-state index contributed by atoms with van der Waals surface area (Å²) in [5, 5.41) is 1.69. The first-order valence-corrected chi connectivity index (χ1v) is 11.6. The molecule has 0 N–H and O–H groups in total. The minimum absolute atomic E-state index is 0.0161. The van der Waals surface area contributed by atoms with Crippen LogP contribution in [0.3, 0.4) is 0 Å². The quantitative estimate of drug-likeness (QED) is 0.194. The molecular weight excluding hydrogens is 435 g/mol. The van der Waals surface area contributed by atoms with Crippen LogP contribution in [0.5, 0.6) is 0 Å². The average Bonchev–Trinajstić information content (AvgIpc) is 3.24. The second kappa shape index (κ2) is 8.36. The molecule has 35 heavy (non-hydrogen) atoms. The van der Waals surface area contributed by atoms with Gasteiger partial charge in [-0.3, -0.25) is 0 Å². The van der Waals surface area contributed by atoms with Crippen LogP contribution >= 0.6 is 0 Å². The maximum atomic E-state index is 15.6. The lowest BCUT2D eigenvalue weighted by Crippen LogP contribution is -2.33. The molecule has 3 aromatic carbocycles. The highest BCUT2D eigenvalue weighted by Crippen LogP contribution is 2.44. The lowest BCUT2D eigenvalue weighted by atomic mass is 9.88.